The topological polar surface area (TPSA) is 49.7 Å². The molecule has 0 aliphatic carbocycles. The molecule has 1 N–H and O–H groups in total. The summed E-state index contributed by atoms with van der Waals surface area (Å²) in [6.07, 6.45) is 12.6. The highest BCUT2D eigenvalue weighted by Gasteiger charge is 2.18. The van der Waals surface area contributed by atoms with Gasteiger partial charge in [0.1, 0.15) is 5.75 Å². The second kappa shape index (κ2) is 16.8. The minimum Gasteiger partial charge on any atom is -0.494 e. The smallest absolute Gasteiger partial charge is 0.252 e. The van der Waals surface area contributed by atoms with Crippen LogP contribution in [0.15, 0.2) is 64.8 Å². The van der Waals surface area contributed by atoms with Crippen LogP contribution in [0.5, 0.6) is 5.75 Å². The van der Waals surface area contributed by atoms with Crippen molar-refractivity contribution in [1.29, 1.82) is 0 Å². The summed E-state index contributed by atoms with van der Waals surface area (Å²) in [4.78, 5) is 17.8. The third-order valence-corrected chi connectivity index (χ3v) is 9.65. The first-order chi connectivity index (χ1) is 21.2. The molecule has 232 valence electrons. The third kappa shape index (κ3) is 9.07. The molecule has 0 radical (unpaired) electrons. The highest BCUT2D eigenvalue weighted by molar-refractivity contribution is 7.17. The van der Waals surface area contributed by atoms with E-state index in [2.05, 4.69) is 57.8 Å². The van der Waals surface area contributed by atoms with Crippen molar-refractivity contribution in [3.8, 4) is 5.75 Å². The number of piperazine rings is 1. The van der Waals surface area contributed by atoms with E-state index in [1.54, 1.807) is 6.07 Å². The summed E-state index contributed by atoms with van der Waals surface area (Å²) in [6.45, 7) is 9.92. The van der Waals surface area contributed by atoms with Gasteiger partial charge in [0, 0.05) is 54.1 Å². The van der Waals surface area contributed by atoms with Crippen LogP contribution < -0.4 is 20.5 Å². The van der Waals surface area contributed by atoms with Crippen LogP contribution in [-0.2, 0) is 6.67 Å². The lowest BCUT2D eigenvalue weighted by atomic mass is 10.1. The first-order valence-corrected chi connectivity index (χ1v) is 17.5. The van der Waals surface area contributed by atoms with Gasteiger partial charge >= 0.3 is 0 Å². The second-order valence-corrected chi connectivity index (χ2v) is 12.9. The maximum atomic E-state index is 12.7. The van der Waals surface area contributed by atoms with E-state index in [1.165, 1.54) is 60.7 Å². The fraction of sp³-hybridized carbons (Fsp3) is 0.528. The highest BCUT2D eigenvalue weighted by atomic mass is 32.1. The number of hydrogen-bond donors (Lipinski definition) is 1. The van der Waals surface area contributed by atoms with Crippen LogP contribution in [-0.4, -0.2) is 55.3 Å². The summed E-state index contributed by atoms with van der Waals surface area (Å²) in [7, 11) is 0. The quantitative estimate of drug-likeness (QED) is 0.117. The summed E-state index contributed by atoms with van der Waals surface area (Å²) in [5.74, 6) is 0.839. The maximum Gasteiger partial charge on any atom is 0.252 e. The van der Waals surface area contributed by atoms with E-state index >= 15 is 0 Å². The molecule has 6 nitrogen and oxygen atoms in total. The van der Waals surface area contributed by atoms with E-state index in [1.807, 2.05) is 34.1 Å². The summed E-state index contributed by atoms with van der Waals surface area (Å²) in [5.41, 5.74) is 2.34. The standard InChI is InChI=1S/C36H50N4O2S/c1-2-3-4-5-6-7-8-9-20-37-29-40-34-28-31(17-15-30(34)16-18-36(40)41)42-26-11-10-21-38-22-24-39(25-23-38)33-13-12-14-35-32(33)19-27-43-35/h12-19,27-28,37H,2-11,20-26,29H2,1H3. The molecule has 0 unspecified atom stereocenters. The Morgan fingerprint density at radius 3 is 2.47 bits per heavy atom. The highest BCUT2D eigenvalue weighted by Crippen LogP contribution is 2.31. The number of ether oxygens (including phenoxy) is 1. The molecular weight excluding hydrogens is 552 g/mol. The third-order valence-electron chi connectivity index (χ3n) is 8.76. The van der Waals surface area contributed by atoms with E-state index in [-0.39, 0.29) is 5.56 Å². The number of unbranched alkanes of at least 4 members (excludes halogenated alkanes) is 8. The van der Waals surface area contributed by atoms with Gasteiger partial charge in [0.25, 0.3) is 5.56 Å². The Kier molecular flexibility index (Phi) is 12.4. The predicted molar refractivity (Wildman–Crippen MR) is 184 cm³/mol. The van der Waals surface area contributed by atoms with E-state index < -0.39 is 0 Å². The van der Waals surface area contributed by atoms with Crippen molar-refractivity contribution in [3.05, 3.63) is 70.3 Å². The molecule has 3 heterocycles. The molecular formula is C36H50N4O2S. The summed E-state index contributed by atoms with van der Waals surface area (Å²) in [5, 5.41) is 8.14. The molecule has 7 heteroatoms. The molecule has 1 aliphatic rings. The Morgan fingerprint density at radius 2 is 1.63 bits per heavy atom. The molecule has 4 aromatic rings. The first-order valence-electron chi connectivity index (χ1n) is 16.6. The van der Waals surface area contributed by atoms with Crippen LogP contribution >= 0.6 is 11.3 Å². The van der Waals surface area contributed by atoms with Crippen molar-refractivity contribution in [1.82, 2.24) is 14.8 Å². The normalized spacial score (nSPS) is 14.2. The number of benzene rings is 2. The fourth-order valence-electron chi connectivity index (χ4n) is 6.19. The van der Waals surface area contributed by atoms with E-state index in [0.717, 1.165) is 75.2 Å². The monoisotopic (exact) mass is 602 g/mol. The summed E-state index contributed by atoms with van der Waals surface area (Å²) < 4.78 is 9.36. The zero-order valence-corrected chi connectivity index (χ0v) is 26.9. The zero-order valence-electron chi connectivity index (χ0n) is 26.1. The van der Waals surface area contributed by atoms with Crippen LogP contribution in [0.4, 0.5) is 5.69 Å². The Bertz CT molecular complexity index is 1460. The molecule has 1 saturated heterocycles. The number of nitrogens with zero attached hydrogens (tertiary/aromatic N) is 3. The Hall–Kier alpha value is -2.87. The van der Waals surface area contributed by atoms with Gasteiger partial charge in [-0.15, -0.1) is 11.3 Å². The van der Waals surface area contributed by atoms with Gasteiger partial charge in [-0.05, 0) is 79.5 Å². The largest absolute Gasteiger partial charge is 0.494 e. The predicted octanol–water partition coefficient (Wildman–Crippen LogP) is 7.89. The Morgan fingerprint density at radius 1 is 0.837 bits per heavy atom. The van der Waals surface area contributed by atoms with Crippen molar-refractivity contribution >= 4 is 38.0 Å². The van der Waals surface area contributed by atoms with Crippen LogP contribution in [0.25, 0.3) is 21.0 Å². The average Bonchev–Trinajstić information content (AvgIpc) is 3.52. The number of pyridine rings is 1. The van der Waals surface area contributed by atoms with Gasteiger partial charge in [0.2, 0.25) is 0 Å². The number of aromatic nitrogens is 1. The number of anilines is 1. The van der Waals surface area contributed by atoms with Crippen LogP contribution in [0.2, 0.25) is 0 Å². The average molecular weight is 603 g/mol. The number of rotatable bonds is 18. The van der Waals surface area contributed by atoms with Crippen LogP contribution in [0.1, 0.15) is 71.1 Å². The number of thiophene rings is 1. The van der Waals surface area contributed by atoms with Crippen molar-refractivity contribution in [2.45, 2.75) is 77.8 Å². The SMILES string of the molecule is CCCCCCCCCCNCn1c(=O)ccc2ccc(OCCCCN3CCN(c4cccc5sccc45)CC3)cc21. The fourth-order valence-corrected chi connectivity index (χ4v) is 7.00. The van der Waals surface area contributed by atoms with Crippen molar-refractivity contribution in [2.24, 2.45) is 0 Å². The Balaban J connectivity index is 1.01. The van der Waals surface area contributed by atoms with E-state index in [0.29, 0.717) is 13.3 Å². The second-order valence-electron chi connectivity index (χ2n) is 11.9. The lowest BCUT2D eigenvalue weighted by Gasteiger charge is -2.36. The van der Waals surface area contributed by atoms with E-state index in [4.69, 9.17) is 4.74 Å². The van der Waals surface area contributed by atoms with Gasteiger partial charge in [0.15, 0.2) is 0 Å². The molecule has 0 bridgehead atoms. The molecule has 0 spiro atoms. The van der Waals surface area contributed by atoms with Crippen molar-refractivity contribution < 1.29 is 4.74 Å². The summed E-state index contributed by atoms with van der Waals surface area (Å²) >= 11 is 1.82. The van der Waals surface area contributed by atoms with Gasteiger partial charge in [0.05, 0.1) is 18.8 Å². The van der Waals surface area contributed by atoms with Crippen LogP contribution in [0, 0.1) is 0 Å². The van der Waals surface area contributed by atoms with Gasteiger partial charge in [-0.25, -0.2) is 0 Å². The molecule has 43 heavy (non-hydrogen) atoms. The molecule has 2 aromatic heterocycles. The molecule has 0 atom stereocenters. The van der Waals surface area contributed by atoms with Gasteiger partial charge in [-0.1, -0.05) is 57.9 Å². The molecule has 0 saturated carbocycles. The zero-order chi connectivity index (χ0) is 29.7. The van der Waals surface area contributed by atoms with Crippen molar-refractivity contribution in [2.75, 3.05) is 50.8 Å². The molecule has 5 rings (SSSR count). The minimum absolute atomic E-state index is 0.0279. The van der Waals surface area contributed by atoms with Gasteiger partial charge < -0.3 is 9.64 Å². The van der Waals surface area contributed by atoms with Gasteiger partial charge in [-0.3, -0.25) is 19.6 Å². The van der Waals surface area contributed by atoms with Gasteiger partial charge in [-0.2, -0.15) is 0 Å². The van der Waals surface area contributed by atoms with Crippen molar-refractivity contribution in [3.63, 3.8) is 0 Å². The molecule has 0 amide bonds. The lowest BCUT2D eigenvalue weighted by Crippen LogP contribution is -2.46. The number of fused-ring (bicyclic) bond motifs is 2. The van der Waals surface area contributed by atoms with Crippen LogP contribution in [0.3, 0.4) is 0 Å². The number of nitrogens with one attached hydrogen (secondary N) is 1. The lowest BCUT2D eigenvalue weighted by molar-refractivity contribution is 0.239. The van der Waals surface area contributed by atoms with E-state index in [9.17, 15) is 4.79 Å². The molecule has 1 aliphatic heterocycles. The Labute approximate surface area is 261 Å². The number of hydrogen-bond acceptors (Lipinski definition) is 6. The summed E-state index contributed by atoms with van der Waals surface area (Å²) in [6, 6.07) is 18.6. The first kappa shape index (κ1) is 31.6. The molecule has 1 fully saturated rings. The maximum absolute atomic E-state index is 12.7. The minimum atomic E-state index is 0.0279. The molecule has 2 aromatic carbocycles.